The van der Waals surface area contributed by atoms with Crippen molar-refractivity contribution in [3.8, 4) is 0 Å². The highest BCUT2D eigenvalue weighted by atomic mass is 35.5. The van der Waals surface area contributed by atoms with Crippen LogP contribution in [0.4, 0.5) is 0 Å². The van der Waals surface area contributed by atoms with Gasteiger partial charge >= 0.3 is 0 Å². The molecule has 0 aromatic heterocycles. The van der Waals surface area contributed by atoms with Crippen molar-refractivity contribution < 1.29 is 8.42 Å². The van der Waals surface area contributed by atoms with Crippen LogP contribution in [0.2, 0.25) is 10.0 Å². The maximum Gasteiger partial charge on any atom is 0.168 e. The van der Waals surface area contributed by atoms with E-state index in [1.165, 1.54) is 0 Å². The maximum atomic E-state index is 11.4. The van der Waals surface area contributed by atoms with Crippen molar-refractivity contribution in [1.29, 1.82) is 0 Å². The van der Waals surface area contributed by atoms with E-state index in [-0.39, 0.29) is 0 Å². The standard InChI is InChI=1S/C15H14Cl2O2S/c1-9-5-10(2)13(15(6-9)20(18)19)7-11-3-4-12(16)8-14(11)17/h3-6,8,20H,7H2,1-2H3. The Kier molecular flexibility index (Phi) is 4.74. The number of benzene rings is 2. The molecule has 0 saturated carbocycles. The van der Waals surface area contributed by atoms with E-state index in [2.05, 4.69) is 0 Å². The molecule has 2 rings (SSSR count). The van der Waals surface area contributed by atoms with Crippen molar-refractivity contribution in [1.82, 2.24) is 0 Å². The minimum Gasteiger partial charge on any atom is -0.227 e. The minimum absolute atomic E-state index is 0.364. The fourth-order valence-electron chi connectivity index (χ4n) is 2.22. The predicted molar refractivity (Wildman–Crippen MR) is 83.8 cm³/mol. The molecular weight excluding hydrogens is 315 g/mol. The van der Waals surface area contributed by atoms with Crippen LogP contribution in [0.15, 0.2) is 35.2 Å². The number of hydrogen-bond donors (Lipinski definition) is 1. The first kappa shape index (κ1) is 15.4. The molecule has 0 radical (unpaired) electrons. The van der Waals surface area contributed by atoms with Crippen LogP contribution in [0.3, 0.4) is 0 Å². The lowest BCUT2D eigenvalue weighted by atomic mass is 9.99. The lowest BCUT2D eigenvalue weighted by molar-refractivity contribution is 0.613. The molecule has 0 fully saturated rings. The van der Waals surface area contributed by atoms with Crippen molar-refractivity contribution in [2.24, 2.45) is 0 Å². The molecule has 0 bridgehead atoms. The van der Waals surface area contributed by atoms with Gasteiger partial charge in [0.1, 0.15) is 0 Å². The molecule has 2 aromatic rings. The summed E-state index contributed by atoms with van der Waals surface area (Å²) in [5.41, 5.74) is 3.53. The molecule has 2 nitrogen and oxygen atoms in total. The van der Waals surface area contributed by atoms with Crippen LogP contribution >= 0.6 is 23.2 Å². The van der Waals surface area contributed by atoms with Crippen LogP contribution < -0.4 is 0 Å². The van der Waals surface area contributed by atoms with Crippen LogP contribution in [0, 0.1) is 13.8 Å². The first-order chi connectivity index (χ1) is 9.38. The summed E-state index contributed by atoms with van der Waals surface area (Å²) in [6.07, 6.45) is 0.473. The zero-order valence-corrected chi connectivity index (χ0v) is 13.5. The summed E-state index contributed by atoms with van der Waals surface area (Å²) >= 11 is 12.0. The second-order valence-electron chi connectivity index (χ2n) is 4.75. The van der Waals surface area contributed by atoms with Gasteiger partial charge in [-0.3, -0.25) is 0 Å². The van der Waals surface area contributed by atoms with Gasteiger partial charge in [0, 0.05) is 16.5 Å². The number of thiol groups is 1. The molecule has 0 spiro atoms. The van der Waals surface area contributed by atoms with Gasteiger partial charge in [0.05, 0.1) is 4.90 Å². The molecule has 5 heteroatoms. The average molecular weight is 329 g/mol. The summed E-state index contributed by atoms with van der Waals surface area (Å²) in [4.78, 5) is 0.364. The Hall–Kier alpha value is -1.03. The second kappa shape index (κ2) is 6.17. The van der Waals surface area contributed by atoms with E-state index in [0.717, 1.165) is 22.3 Å². The molecule has 2 aromatic carbocycles. The monoisotopic (exact) mass is 328 g/mol. The molecule has 0 atom stereocenters. The van der Waals surface area contributed by atoms with Gasteiger partial charge in [-0.15, -0.1) is 0 Å². The first-order valence-corrected chi connectivity index (χ1v) is 8.00. The van der Waals surface area contributed by atoms with Crippen molar-refractivity contribution >= 4 is 33.9 Å². The van der Waals surface area contributed by atoms with E-state index < -0.39 is 10.7 Å². The molecule has 106 valence electrons. The van der Waals surface area contributed by atoms with Crippen LogP contribution in [0.1, 0.15) is 22.3 Å². The molecule has 20 heavy (non-hydrogen) atoms. The molecule has 0 unspecified atom stereocenters. The van der Waals surface area contributed by atoms with Crippen molar-refractivity contribution in [3.05, 3.63) is 62.6 Å². The molecule has 0 saturated heterocycles. The van der Waals surface area contributed by atoms with Gasteiger partial charge in [-0.25, -0.2) is 8.42 Å². The SMILES string of the molecule is Cc1cc(C)c(Cc2ccc(Cl)cc2Cl)c([SH](=O)=O)c1. The van der Waals surface area contributed by atoms with Crippen LogP contribution in [-0.2, 0) is 17.1 Å². The van der Waals surface area contributed by atoms with Gasteiger partial charge in [0.25, 0.3) is 0 Å². The van der Waals surface area contributed by atoms with Crippen LogP contribution in [0.5, 0.6) is 0 Å². The predicted octanol–water partition coefficient (Wildman–Crippen LogP) is 4.17. The van der Waals surface area contributed by atoms with E-state index in [9.17, 15) is 8.42 Å². The lowest BCUT2D eigenvalue weighted by Gasteiger charge is -2.12. The van der Waals surface area contributed by atoms with Gasteiger partial charge < -0.3 is 0 Å². The van der Waals surface area contributed by atoms with Gasteiger partial charge in [-0.2, -0.15) is 0 Å². The average Bonchev–Trinajstić information content (AvgIpc) is 2.34. The highest BCUT2D eigenvalue weighted by Gasteiger charge is 2.12. The normalized spacial score (nSPS) is 11.1. The zero-order valence-electron chi connectivity index (χ0n) is 11.1. The van der Waals surface area contributed by atoms with E-state index in [1.807, 2.05) is 26.0 Å². The van der Waals surface area contributed by atoms with E-state index in [1.54, 1.807) is 18.2 Å². The van der Waals surface area contributed by atoms with E-state index >= 15 is 0 Å². The number of halogens is 2. The molecule has 0 aliphatic heterocycles. The van der Waals surface area contributed by atoms with Crippen molar-refractivity contribution in [3.63, 3.8) is 0 Å². The molecular formula is C15H14Cl2O2S. The highest BCUT2D eigenvalue weighted by molar-refractivity contribution is 7.72. The van der Waals surface area contributed by atoms with Crippen LogP contribution in [0.25, 0.3) is 0 Å². The third kappa shape index (κ3) is 3.35. The van der Waals surface area contributed by atoms with Gasteiger partial charge in [0.2, 0.25) is 0 Å². The summed E-state index contributed by atoms with van der Waals surface area (Å²) < 4.78 is 22.9. The largest absolute Gasteiger partial charge is 0.227 e. The number of hydrogen-bond acceptors (Lipinski definition) is 2. The Morgan fingerprint density at radius 3 is 2.35 bits per heavy atom. The minimum atomic E-state index is -2.63. The Balaban J connectivity index is 2.53. The molecule has 0 N–H and O–H groups in total. The van der Waals surface area contributed by atoms with E-state index in [4.69, 9.17) is 23.2 Å². The zero-order chi connectivity index (χ0) is 14.9. The number of aryl methyl sites for hydroxylation is 2. The van der Waals surface area contributed by atoms with Crippen molar-refractivity contribution in [2.45, 2.75) is 25.2 Å². The van der Waals surface area contributed by atoms with E-state index in [0.29, 0.717) is 21.4 Å². The fourth-order valence-corrected chi connectivity index (χ4v) is 3.48. The Bertz CT molecular complexity index is 729. The second-order valence-corrected chi connectivity index (χ2v) is 6.59. The summed E-state index contributed by atoms with van der Waals surface area (Å²) in [6, 6.07) is 8.91. The smallest absolute Gasteiger partial charge is 0.168 e. The maximum absolute atomic E-state index is 11.4. The quantitative estimate of drug-likeness (QED) is 0.858. The van der Waals surface area contributed by atoms with Gasteiger partial charge in [-0.05, 0) is 54.3 Å². The highest BCUT2D eigenvalue weighted by Crippen LogP contribution is 2.27. The summed E-state index contributed by atoms with van der Waals surface area (Å²) in [5, 5.41) is 1.11. The van der Waals surface area contributed by atoms with Crippen molar-refractivity contribution in [2.75, 3.05) is 0 Å². The van der Waals surface area contributed by atoms with Gasteiger partial charge in [0.15, 0.2) is 10.7 Å². The topological polar surface area (TPSA) is 34.1 Å². The molecule has 0 heterocycles. The Morgan fingerprint density at radius 2 is 1.75 bits per heavy atom. The Labute approximate surface area is 130 Å². The Morgan fingerprint density at radius 1 is 1.05 bits per heavy atom. The number of rotatable bonds is 3. The third-order valence-electron chi connectivity index (χ3n) is 3.17. The van der Waals surface area contributed by atoms with Crippen LogP contribution in [-0.4, -0.2) is 8.42 Å². The lowest BCUT2D eigenvalue weighted by Crippen LogP contribution is -1.99. The first-order valence-electron chi connectivity index (χ1n) is 6.07. The van der Waals surface area contributed by atoms with Gasteiger partial charge in [-0.1, -0.05) is 35.3 Å². The molecule has 0 aliphatic carbocycles. The summed E-state index contributed by atoms with van der Waals surface area (Å²) in [6.45, 7) is 3.79. The third-order valence-corrected chi connectivity index (χ3v) is 4.55. The summed E-state index contributed by atoms with van der Waals surface area (Å²) in [7, 11) is -2.63. The summed E-state index contributed by atoms with van der Waals surface area (Å²) in [5.74, 6) is 0. The molecule has 0 amide bonds. The fraction of sp³-hybridized carbons (Fsp3) is 0.200. The molecule has 0 aliphatic rings.